The van der Waals surface area contributed by atoms with Crippen LogP contribution >= 0.6 is 0 Å². The zero-order chi connectivity index (χ0) is 16.9. The number of ether oxygens (including phenoxy) is 2. The summed E-state index contributed by atoms with van der Waals surface area (Å²) in [5.41, 5.74) is 0.919. The molecule has 0 atom stereocenters. The molecule has 6 heteroatoms. The van der Waals surface area contributed by atoms with E-state index < -0.39 is 10.0 Å². The highest BCUT2D eigenvalue weighted by molar-refractivity contribution is 7.89. The predicted molar refractivity (Wildman–Crippen MR) is 91.4 cm³/mol. The van der Waals surface area contributed by atoms with Crippen molar-refractivity contribution in [2.24, 2.45) is 5.92 Å². The van der Waals surface area contributed by atoms with Gasteiger partial charge in [-0.15, -0.1) is 0 Å². The maximum atomic E-state index is 12.2. The molecule has 0 saturated carbocycles. The highest BCUT2D eigenvalue weighted by Crippen LogP contribution is 2.35. The second kappa shape index (κ2) is 7.64. The first-order chi connectivity index (χ1) is 10.9. The van der Waals surface area contributed by atoms with Crippen molar-refractivity contribution in [1.82, 2.24) is 4.72 Å². The lowest BCUT2D eigenvalue weighted by molar-refractivity contribution is 0.0517. The van der Waals surface area contributed by atoms with E-state index >= 15 is 0 Å². The van der Waals surface area contributed by atoms with E-state index in [9.17, 15) is 8.42 Å². The average molecular weight is 341 g/mol. The Morgan fingerprint density at radius 2 is 1.83 bits per heavy atom. The first-order valence-electron chi connectivity index (χ1n) is 8.06. The predicted octanol–water partition coefficient (Wildman–Crippen LogP) is 2.32. The molecule has 0 amide bonds. The Labute approximate surface area is 139 Å². The van der Waals surface area contributed by atoms with Crippen molar-refractivity contribution in [3.63, 3.8) is 0 Å². The molecular formula is C17H27NO4S. The van der Waals surface area contributed by atoms with Crippen molar-refractivity contribution in [2.75, 3.05) is 32.6 Å². The van der Waals surface area contributed by atoms with Gasteiger partial charge in [-0.3, -0.25) is 0 Å². The Morgan fingerprint density at radius 1 is 1.22 bits per heavy atom. The van der Waals surface area contributed by atoms with Gasteiger partial charge in [0.05, 0.1) is 12.9 Å². The largest absolute Gasteiger partial charge is 0.497 e. The van der Waals surface area contributed by atoms with Gasteiger partial charge in [0.1, 0.15) is 5.75 Å². The first kappa shape index (κ1) is 18.2. The molecule has 0 aromatic heterocycles. The number of nitrogens with one attached hydrogen (secondary N) is 1. The minimum Gasteiger partial charge on any atom is -0.497 e. The summed E-state index contributed by atoms with van der Waals surface area (Å²) >= 11 is 0. The van der Waals surface area contributed by atoms with Crippen molar-refractivity contribution in [2.45, 2.75) is 32.1 Å². The molecule has 1 aliphatic heterocycles. The highest BCUT2D eigenvalue weighted by Gasteiger charge is 2.35. The lowest BCUT2D eigenvalue weighted by Crippen LogP contribution is -2.45. The minimum atomic E-state index is -3.25. The summed E-state index contributed by atoms with van der Waals surface area (Å²) in [5.74, 6) is 1.07. The molecule has 23 heavy (non-hydrogen) atoms. The molecule has 1 fully saturated rings. The van der Waals surface area contributed by atoms with Gasteiger partial charge < -0.3 is 9.47 Å². The van der Waals surface area contributed by atoms with E-state index in [2.05, 4.69) is 4.72 Å². The molecule has 1 saturated heterocycles. The summed E-state index contributed by atoms with van der Waals surface area (Å²) in [5, 5.41) is 0. The number of benzene rings is 1. The highest BCUT2D eigenvalue weighted by atomic mass is 32.2. The molecule has 0 bridgehead atoms. The van der Waals surface area contributed by atoms with Gasteiger partial charge in [0.25, 0.3) is 0 Å². The van der Waals surface area contributed by atoms with Crippen LogP contribution in [-0.4, -0.2) is 41.0 Å². The smallest absolute Gasteiger partial charge is 0.211 e. The van der Waals surface area contributed by atoms with E-state index in [0.29, 0.717) is 19.8 Å². The van der Waals surface area contributed by atoms with Gasteiger partial charge in [-0.2, -0.15) is 0 Å². The van der Waals surface area contributed by atoms with E-state index in [4.69, 9.17) is 9.47 Å². The van der Waals surface area contributed by atoms with Crippen LogP contribution in [0.3, 0.4) is 0 Å². The molecule has 0 radical (unpaired) electrons. The summed E-state index contributed by atoms with van der Waals surface area (Å²) in [6.45, 7) is 5.54. The first-order valence-corrected chi connectivity index (χ1v) is 9.72. The maximum absolute atomic E-state index is 12.2. The van der Waals surface area contributed by atoms with E-state index in [1.54, 1.807) is 7.11 Å². The van der Waals surface area contributed by atoms with Gasteiger partial charge in [-0.1, -0.05) is 26.0 Å². The van der Waals surface area contributed by atoms with Crippen LogP contribution in [0.25, 0.3) is 0 Å². The fourth-order valence-electron chi connectivity index (χ4n) is 3.02. The number of hydrogen-bond acceptors (Lipinski definition) is 4. The molecule has 0 unspecified atom stereocenters. The quantitative estimate of drug-likeness (QED) is 0.827. The number of hydrogen-bond donors (Lipinski definition) is 1. The van der Waals surface area contributed by atoms with Crippen molar-refractivity contribution < 1.29 is 17.9 Å². The Hall–Kier alpha value is -1.11. The van der Waals surface area contributed by atoms with Gasteiger partial charge in [-0.25, -0.2) is 13.1 Å². The molecule has 130 valence electrons. The van der Waals surface area contributed by atoms with Crippen LogP contribution in [-0.2, 0) is 20.2 Å². The van der Waals surface area contributed by atoms with Crippen molar-refractivity contribution in [3.05, 3.63) is 29.8 Å². The third-order valence-electron chi connectivity index (χ3n) is 4.34. The average Bonchev–Trinajstić information content (AvgIpc) is 2.53. The molecule has 1 aromatic rings. The molecule has 1 N–H and O–H groups in total. The van der Waals surface area contributed by atoms with Crippen LogP contribution in [0.15, 0.2) is 24.3 Å². The third kappa shape index (κ3) is 4.93. The van der Waals surface area contributed by atoms with Gasteiger partial charge in [-0.05, 0) is 36.5 Å². The summed E-state index contributed by atoms with van der Waals surface area (Å²) in [4.78, 5) is 0. The Balaban J connectivity index is 2.18. The Kier molecular flexibility index (Phi) is 6.06. The molecule has 1 aliphatic rings. The fraction of sp³-hybridized carbons (Fsp3) is 0.647. The van der Waals surface area contributed by atoms with Crippen molar-refractivity contribution in [1.29, 1.82) is 0 Å². The Bertz CT molecular complexity index is 590. The van der Waals surface area contributed by atoms with Crippen molar-refractivity contribution >= 4 is 10.0 Å². The monoisotopic (exact) mass is 341 g/mol. The second-order valence-electron chi connectivity index (χ2n) is 6.62. The maximum Gasteiger partial charge on any atom is 0.211 e. The molecule has 0 aliphatic carbocycles. The zero-order valence-electron chi connectivity index (χ0n) is 14.2. The summed E-state index contributed by atoms with van der Waals surface area (Å²) < 4.78 is 37.9. The topological polar surface area (TPSA) is 64.6 Å². The zero-order valence-corrected chi connectivity index (χ0v) is 15.0. The normalized spacial score (nSPS) is 18.1. The van der Waals surface area contributed by atoms with E-state index in [0.717, 1.165) is 24.2 Å². The molecular weight excluding hydrogens is 314 g/mol. The molecule has 2 rings (SSSR count). The van der Waals surface area contributed by atoms with Gasteiger partial charge in [0, 0.05) is 25.2 Å². The van der Waals surface area contributed by atoms with Crippen LogP contribution in [0.1, 0.15) is 32.3 Å². The number of sulfonamides is 1. The van der Waals surface area contributed by atoms with Gasteiger partial charge in [0.2, 0.25) is 10.0 Å². The summed E-state index contributed by atoms with van der Waals surface area (Å²) in [7, 11) is -1.62. The van der Waals surface area contributed by atoms with Crippen LogP contribution in [0.2, 0.25) is 0 Å². The SMILES string of the molecule is COc1ccc(C2(CNS(=O)(=O)CC(C)C)CCOCC2)cc1. The fourth-order valence-corrected chi connectivity index (χ4v) is 4.51. The molecule has 1 aromatic carbocycles. The lowest BCUT2D eigenvalue weighted by Gasteiger charge is -2.38. The number of rotatable bonds is 7. The minimum absolute atomic E-state index is 0.110. The van der Waals surface area contributed by atoms with Crippen LogP contribution in [0, 0.1) is 5.92 Å². The lowest BCUT2D eigenvalue weighted by atomic mass is 9.74. The molecule has 5 nitrogen and oxygen atoms in total. The van der Waals surface area contributed by atoms with E-state index in [1.807, 2.05) is 38.1 Å². The third-order valence-corrected chi connectivity index (χ3v) is 6.03. The molecule has 0 spiro atoms. The van der Waals surface area contributed by atoms with Gasteiger partial charge in [0.15, 0.2) is 0 Å². The standard InChI is InChI=1S/C17H27NO4S/c1-14(2)12-23(19,20)18-13-17(8-10-22-11-9-17)15-4-6-16(21-3)7-5-15/h4-7,14,18H,8-13H2,1-3H3. The summed E-state index contributed by atoms with van der Waals surface area (Å²) in [6.07, 6.45) is 1.62. The molecule has 1 heterocycles. The van der Waals surface area contributed by atoms with Crippen molar-refractivity contribution in [3.8, 4) is 5.75 Å². The second-order valence-corrected chi connectivity index (χ2v) is 8.47. The van der Waals surface area contributed by atoms with Crippen LogP contribution < -0.4 is 9.46 Å². The number of methoxy groups -OCH3 is 1. The van der Waals surface area contributed by atoms with E-state index in [1.165, 1.54) is 0 Å². The van der Waals surface area contributed by atoms with E-state index in [-0.39, 0.29) is 17.1 Å². The van der Waals surface area contributed by atoms with Gasteiger partial charge >= 0.3 is 0 Å². The van der Waals surface area contributed by atoms with Crippen LogP contribution in [0.4, 0.5) is 0 Å². The van der Waals surface area contributed by atoms with Crippen LogP contribution in [0.5, 0.6) is 5.75 Å². The summed E-state index contributed by atoms with van der Waals surface area (Å²) in [6, 6.07) is 7.91. The Morgan fingerprint density at radius 3 is 2.35 bits per heavy atom.